The Labute approximate surface area is 136 Å². The van der Waals surface area contributed by atoms with E-state index in [-0.39, 0.29) is 24.8 Å². The molecule has 0 aromatic rings. The Hall–Kier alpha value is -1.38. The maximum Gasteiger partial charge on any atom is 0.410 e. The van der Waals surface area contributed by atoms with Gasteiger partial charge in [0.1, 0.15) is 10.9 Å². The topological polar surface area (TPSA) is 84.0 Å². The number of hydrogen-bond donors (Lipinski definition) is 0. The zero-order valence-electron chi connectivity index (χ0n) is 13.6. The van der Waals surface area contributed by atoms with Crippen LogP contribution >= 0.6 is 0 Å². The molecule has 0 radical (unpaired) electrons. The van der Waals surface area contributed by atoms with Crippen molar-refractivity contribution in [2.24, 2.45) is 5.92 Å². The van der Waals surface area contributed by atoms with Crippen LogP contribution in [0.15, 0.2) is 0 Å². The number of halogens is 1. The number of carbonyl (C=O) groups excluding carboxylic acids is 2. The summed E-state index contributed by atoms with van der Waals surface area (Å²) in [5, 5.41) is -1.27. The Morgan fingerprint density at radius 3 is 2.52 bits per heavy atom. The molecule has 0 aliphatic carbocycles. The highest BCUT2D eigenvalue weighted by Gasteiger charge is 2.40. The lowest BCUT2D eigenvalue weighted by molar-refractivity contribution is -0.128. The normalized spacial score (nSPS) is 26.0. The van der Waals surface area contributed by atoms with Crippen LogP contribution in [0.3, 0.4) is 0 Å². The van der Waals surface area contributed by atoms with Crippen LogP contribution in [0.5, 0.6) is 0 Å². The summed E-state index contributed by atoms with van der Waals surface area (Å²) in [6.07, 6.45) is 0.00849. The van der Waals surface area contributed by atoms with Crippen LogP contribution < -0.4 is 0 Å². The first-order valence-electron chi connectivity index (χ1n) is 7.65. The van der Waals surface area contributed by atoms with Crippen LogP contribution in [0, 0.1) is 5.92 Å². The lowest BCUT2D eigenvalue weighted by Crippen LogP contribution is -2.37. The number of ether oxygens (including phenoxy) is 1. The smallest absolute Gasteiger partial charge is 0.410 e. The highest BCUT2D eigenvalue weighted by molar-refractivity contribution is 7.87. The number of carbonyl (C=O) groups is 2. The summed E-state index contributed by atoms with van der Waals surface area (Å²) in [6.45, 7) is 6.58. The molecular formula is C14H23FN2O5S. The SMILES string of the molecule is CC(C)(C)OC(=O)N1CC[C@H](CN2CC(S(=O)(=O)F)CC2=O)C1. The predicted molar refractivity (Wildman–Crippen MR) is 80.9 cm³/mol. The van der Waals surface area contributed by atoms with Gasteiger partial charge in [-0.3, -0.25) is 4.79 Å². The van der Waals surface area contributed by atoms with Gasteiger partial charge in [-0.2, -0.15) is 8.42 Å². The third-order valence-corrected chi connectivity index (χ3v) is 5.11. The van der Waals surface area contributed by atoms with Crippen molar-refractivity contribution in [3.05, 3.63) is 0 Å². The molecule has 2 atom stereocenters. The summed E-state index contributed by atoms with van der Waals surface area (Å²) < 4.78 is 40.1. The molecule has 132 valence electrons. The molecule has 7 nitrogen and oxygen atoms in total. The highest BCUT2D eigenvalue weighted by Crippen LogP contribution is 2.25. The first-order chi connectivity index (χ1) is 10.5. The first kappa shape index (κ1) is 18.0. The van der Waals surface area contributed by atoms with Gasteiger partial charge in [-0.1, -0.05) is 0 Å². The molecule has 0 spiro atoms. The molecule has 0 aromatic carbocycles. The molecule has 0 saturated carbocycles. The molecule has 2 fully saturated rings. The summed E-state index contributed by atoms with van der Waals surface area (Å²) in [6, 6.07) is 0. The second-order valence-electron chi connectivity index (χ2n) is 7.18. The van der Waals surface area contributed by atoms with Gasteiger partial charge in [0, 0.05) is 32.6 Å². The predicted octanol–water partition coefficient (Wildman–Crippen LogP) is 1.14. The summed E-state index contributed by atoms with van der Waals surface area (Å²) in [5.41, 5.74) is -0.567. The molecule has 0 aromatic heterocycles. The average Bonchev–Trinajstić information content (AvgIpc) is 2.95. The molecule has 9 heteroatoms. The van der Waals surface area contributed by atoms with Crippen molar-refractivity contribution in [1.82, 2.24) is 9.80 Å². The van der Waals surface area contributed by atoms with E-state index in [1.807, 2.05) is 0 Å². The van der Waals surface area contributed by atoms with Crippen LogP contribution in [0.4, 0.5) is 8.68 Å². The minimum atomic E-state index is -4.69. The van der Waals surface area contributed by atoms with E-state index in [0.717, 1.165) is 0 Å². The third kappa shape index (κ3) is 4.79. The second-order valence-corrected chi connectivity index (χ2v) is 8.80. The molecule has 1 unspecified atom stereocenters. The average molecular weight is 350 g/mol. The molecule has 0 bridgehead atoms. The summed E-state index contributed by atoms with van der Waals surface area (Å²) in [7, 11) is -4.69. The summed E-state index contributed by atoms with van der Waals surface area (Å²) in [5.74, 6) is -0.306. The summed E-state index contributed by atoms with van der Waals surface area (Å²) in [4.78, 5) is 26.8. The van der Waals surface area contributed by atoms with Crippen LogP contribution in [0.1, 0.15) is 33.6 Å². The molecule has 2 rings (SSSR count). The van der Waals surface area contributed by atoms with Crippen molar-refractivity contribution < 1.29 is 26.6 Å². The molecular weight excluding hydrogens is 327 g/mol. The van der Waals surface area contributed by atoms with Crippen molar-refractivity contribution in [2.75, 3.05) is 26.2 Å². The first-order valence-corrected chi connectivity index (χ1v) is 9.09. The molecule has 0 N–H and O–H groups in total. The van der Waals surface area contributed by atoms with Crippen LogP contribution in [-0.4, -0.2) is 67.2 Å². The van der Waals surface area contributed by atoms with E-state index in [1.165, 1.54) is 4.90 Å². The van der Waals surface area contributed by atoms with E-state index in [0.29, 0.717) is 26.1 Å². The van der Waals surface area contributed by atoms with Gasteiger partial charge in [0.25, 0.3) is 0 Å². The molecule has 2 aliphatic rings. The largest absolute Gasteiger partial charge is 0.444 e. The van der Waals surface area contributed by atoms with Gasteiger partial charge in [-0.25, -0.2) is 4.79 Å². The van der Waals surface area contributed by atoms with Crippen LogP contribution in [0.2, 0.25) is 0 Å². The molecule has 2 amide bonds. The zero-order chi connectivity index (χ0) is 17.4. The van der Waals surface area contributed by atoms with E-state index < -0.39 is 27.2 Å². The Morgan fingerprint density at radius 2 is 2.00 bits per heavy atom. The van der Waals surface area contributed by atoms with Crippen molar-refractivity contribution in [3.63, 3.8) is 0 Å². The van der Waals surface area contributed by atoms with Gasteiger partial charge in [0.05, 0.1) is 0 Å². The minimum Gasteiger partial charge on any atom is -0.444 e. The van der Waals surface area contributed by atoms with Gasteiger partial charge in [0.2, 0.25) is 5.91 Å². The standard InChI is InChI=1S/C14H23FN2O5S/c1-14(2,3)22-13(19)16-5-4-10(7-16)8-17-9-11(6-12(17)18)23(15,20)21/h10-11H,4-9H2,1-3H3/t10-,11?/m0/s1. The molecule has 2 heterocycles. The van der Waals surface area contributed by atoms with Gasteiger partial charge < -0.3 is 14.5 Å². The Bertz CT molecular complexity index is 586. The third-order valence-electron chi connectivity index (χ3n) is 3.99. The molecule has 2 aliphatic heterocycles. The van der Waals surface area contributed by atoms with Crippen LogP contribution in [-0.2, 0) is 19.8 Å². The molecule has 23 heavy (non-hydrogen) atoms. The van der Waals surface area contributed by atoms with Gasteiger partial charge in [-0.05, 0) is 33.1 Å². The lowest BCUT2D eigenvalue weighted by Gasteiger charge is -2.25. The van der Waals surface area contributed by atoms with E-state index in [2.05, 4.69) is 0 Å². The fourth-order valence-corrected chi connectivity index (χ4v) is 3.59. The Morgan fingerprint density at radius 1 is 1.35 bits per heavy atom. The number of nitrogens with zero attached hydrogens (tertiary/aromatic N) is 2. The fourth-order valence-electron chi connectivity index (χ4n) is 2.89. The van der Waals surface area contributed by atoms with Crippen molar-refractivity contribution >= 4 is 22.2 Å². The number of hydrogen-bond acceptors (Lipinski definition) is 5. The minimum absolute atomic E-state index is 0.0486. The highest BCUT2D eigenvalue weighted by atomic mass is 32.3. The van der Waals surface area contributed by atoms with E-state index in [9.17, 15) is 21.9 Å². The van der Waals surface area contributed by atoms with Crippen molar-refractivity contribution in [1.29, 1.82) is 0 Å². The maximum absolute atomic E-state index is 13.0. The quantitative estimate of drug-likeness (QED) is 0.713. The van der Waals surface area contributed by atoms with Gasteiger partial charge in [0.15, 0.2) is 0 Å². The monoisotopic (exact) mass is 350 g/mol. The Balaban J connectivity index is 1.86. The fraction of sp³-hybridized carbons (Fsp3) is 0.857. The zero-order valence-corrected chi connectivity index (χ0v) is 14.4. The maximum atomic E-state index is 13.0. The van der Waals surface area contributed by atoms with Crippen molar-refractivity contribution in [2.45, 2.75) is 44.5 Å². The summed E-state index contributed by atoms with van der Waals surface area (Å²) >= 11 is 0. The Kier molecular flexibility index (Phi) is 4.89. The van der Waals surface area contributed by atoms with E-state index in [4.69, 9.17) is 4.74 Å². The van der Waals surface area contributed by atoms with E-state index in [1.54, 1.807) is 25.7 Å². The van der Waals surface area contributed by atoms with Crippen LogP contribution in [0.25, 0.3) is 0 Å². The number of likely N-dealkylation sites (tertiary alicyclic amines) is 2. The van der Waals surface area contributed by atoms with E-state index >= 15 is 0 Å². The van der Waals surface area contributed by atoms with Crippen molar-refractivity contribution in [3.8, 4) is 0 Å². The van der Waals surface area contributed by atoms with Gasteiger partial charge in [-0.15, -0.1) is 3.89 Å². The lowest BCUT2D eigenvalue weighted by atomic mass is 10.1. The number of amides is 2. The van der Waals surface area contributed by atoms with Gasteiger partial charge >= 0.3 is 16.3 Å². The molecule has 2 saturated heterocycles. The number of rotatable bonds is 3. The second kappa shape index (κ2) is 6.26.